The third-order valence-electron chi connectivity index (χ3n) is 6.69. The fourth-order valence-corrected chi connectivity index (χ4v) is 4.98. The van der Waals surface area contributed by atoms with Crippen molar-refractivity contribution in [3.05, 3.63) is 11.6 Å². The van der Waals surface area contributed by atoms with Gasteiger partial charge < -0.3 is 19.7 Å². The van der Waals surface area contributed by atoms with Gasteiger partial charge in [0, 0.05) is 11.3 Å². The molecule has 5 unspecified atom stereocenters. The maximum Gasteiger partial charge on any atom is 0.163 e. The van der Waals surface area contributed by atoms with E-state index in [-0.39, 0.29) is 17.9 Å². The molecule has 126 valence electrons. The quantitative estimate of drug-likeness (QED) is 0.731. The second-order valence-electron chi connectivity index (χ2n) is 8.34. The minimum Gasteiger partial charge on any atom is -0.396 e. The topological polar surface area (TPSA) is 58.9 Å². The molecule has 1 saturated heterocycles. The molecule has 2 fully saturated rings. The molecule has 5 atom stereocenters. The van der Waals surface area contributed by atoms with E-state index in [1.807, 2.05) is 20.8 Å². The van der Waals surface area contributed by atoms with E-state index >= 15 is 0 Å². The van der Waals surface area contributed by atoms with Gasteiger partial charge in [0.15, 0.2) is 5.79 Å². The van der Waals surface area contributed by atoms with Crippen molar-refractivity contribution in [3.63, 3.8) is 0 Å². The zero-order chi connectivity index (χ0) is 16.2. The van der Waals surface area contributed by atoms with Crippen molar-refractivity contribution >= 4 is 0 Å². The first kappa shape index (κ1) is 16.4. The second-order valence-corrected chi connectivity index (χ2v) is 8.34. The molecule has 2 aliphatic carbocycles. The van der Waals surface area contributed by atoms with Crippen LogP contribution in [-0.2, 0) is 9.47 Å². The van der Waals surface area contributed by atoms with Crippen LogP contribution in [0.3, 0.4) is 0 Å². The number of rotatable bonds is 1. The lowest BCUT2D eigenvalue weighted by atomic mass is 9.47. The van der Waals surface area contributed by atoms with E-state index < -0.39 is 17.3 Å². The van der Waals surface area contributed by atoms with Gasteiger partial charge in [0.1, 0.15) is 0 Å². The highest BCUT2D eigenvalue weighted by Gasteiger charge is 2.57. The van der Waals surface area contributed by atoms with Gasteiger partial charge in [0.25, 0.3) is 0 Å². The summed E-state index contributed by atoms with van der Waals surface area (Å²) in [6.45, 7) is 9.60. The van der Waals surface area contributed by atoms with Crippen LogP contribution in [0.4, 0.5) is 0 Å². The average molecular weight is 310 g/mol. The molecule has 4 heteroatoms. The first-order chi connectivity index (χ1) is 10.2. The molecule has 1 saturated carbocycles. The highest BCUT2D eigenvalue weighted by Crippen LogP contribution is 2.60. The molecule has 0 aromatic rings. The van der Waals surface area contributed by atoms with Crippen LogP contribution in [0, 0.1) is 22.7 Å². The second kappa shape index (κ2) is 5.30. The van der Waals surface area contributed by atoms with Crippen molar-refractivity contribution in [1.82, 2.24) is 0 Å². The third-order valence-corrected chi connectivity index (χ3v) is 6.69. The van der Waals surface area contributed by atoms with Crippen LogP contribution < -0.4 is 0 Å². The molecule has 22 heavy (non-hydrogen) atoms. The summed E-state index contributed by atoms with van der Waals surface area (Å²) in [5.41, 5.74) is 0.948. The zero-order valence-corrected chi connectivity index (χ0v) is 14.3. The Kier molecular flexibility index (Phi) is 3.96. The van der Waals surface area contributed by atoms with Crippen LogP contribution >= 0.6 is 0 Å². The summed E-state index contributed by atoms with van der Waals surface area (Å²) in [5, 5.41) is 20.5. The maximum atomic E-state index is 10.5. The third kappa shape index (κ3) is 2.35. The molecular weight excluding hydrogens is 280 g/mol. The molecule has 1 aliphatic heterocycles. The molecule has 2 N–H and O–H groups in total. The molecule has 0 aromatic carbocycles. The minimum absolute atomic E-state index is 0.0349. The molecule has 3 rings (SSSR count). The first-order valence-electron chi connectivity index (χ1n) is 8.49. The Labute approximate surface area is 133 Å². The predicted octanol–water partition coefficient (Wildman–Crippen LogP) is 2.49. The number of hydrogen-bond donors (Lipinski definition) is 2. The van der Waals surface area contributed by atoms with Gasteiger partial charge in [-0.3, -0.25) is 0 Å². The average Bonchev–Trinajstić information content (AvgIpc) is 2.63. The zero-order valence-electron chi connectivity index (χ0n) is 14.3. The molecule has 0 aromatic heterocycles. The van der Waals surface area contributed by atoms with Crippen molar-refractivity contribution in [2.45, 2.75) is 58.8 Å². The summed E-state index contributed by atoms with van der Waals surface area (Å²) in [4.78, 5) is 0. The van der Waals surface area contributed by atoms with Gasteiger partial charge in [-0.2, -0.15) is 0 Å². The van der Waals surface area contributed by atoms with Crippen LogP contribution in [0.2, 0.25) is 0 Å². The summed E-state index contributed by atoms with van der Waals surface area (Å²) >= 11 is 0. The maximum absolute atomic E-state index is 10.5. The van der Waals surface area contributed by atoms with Gasteiger partial charge in [-0.15, -0.1) is 0 Å². The Morgan fingerprint density at radius 3 is 2.64 bits per heavy atom. The minimum atomic E-state index is -0.543. The van der Waals surface area contributed by atoms with E-state index in [0.717, 1.165) is 19.3 Å². The van der Waals surface area contributed by atoms with Crippen LogP contribution in [0.5, 0.6) is 0 Å². The number of aliphatic hydroxyl groups is 2. The summed E-state index contributed by atoms with van der Waals surface area (Å²) in [6.07, 6.45) is 4.47. The highest BCUT2D eigenvalue weighted by molar-refractivity contribution is 5.22. The van der Waals surface area contributed by atoms with Crippen LogP contribution in [-0.4, -0.2) is 41.9 Å². The van der Waals surface area contributed by atoms with Crippen molar-refractivity contribution < 1.29 is 19.7 Å². The Morgan fingerprint density at radius 2 is 1.95 bits per heavy atom. The summed E-state index contributed by atoms with van der Waals surface area (Å²) in [7, 11) is 0. The van der Waals surface area contributed by atoms with Crippen molar-refractivity contribution in [2.75, 3.05) is 19.8 Å². The number of ether oxygens (including phenoxy) is 2. The Morgan fingerprint density at radius 1 is 1.23 bits per heavy atom. The van der Waals surface area contributed by atoms with Gasteiger partial charge in [-0.1, -0.05) is 19.9 Å². The molecule has 0 radical (unpaired) electrons. The van der Waals surface area contributed by atoms with Gasteiger partial charge >= 0.3 is 0 Å². The fourth-order valence-electron chi connectivity index (χ4n) is 4.98. The van der Waals surface area contributed by atoms with E-state index in [0.29, 0.717) is 19.1 Å². The van der Waals surface area contributed by atoms with Gasteiger partial charge in [-0.05, 0) is 50.0 Å². The monoisotopic (exact) mass is 310 g/mol. The van der Waals surface area contributed by atoms with Crippen molar-refractivity contribution in [1.29, 1.82) is 0 Å². The summed E-state index contributed by atoms with van der Waals surface area (Å²) in [5.74, 6) is 0.0390. The lowest BCUT2D eigenvalue weighted by molar-refractivity contribution is -0.208. The molecule has 0 amide bonds. The van der Waals surface area contributed by atoms with E-state index in [1.54, 1.807) is 0 Å². The first-order valence-corrected chi connectivity index (χ1v) is 8.49. The Bertz CT molecular complexity index is 472. The summed E-state index contributed by atoms with van der Waals surface area (Å²) < 4.78 is 11.9. The fraction of sp³-hybridized carbons (Fsp3) is 0.889. The molecule has 0 bridgehead atoms. The lowest BCUT2D eigenvalue weighted by Crippen LogP contribution is -2.57. The van der Waals surface area contributed by atoms with Crippen LogP contribution in [0.1, 0.15) is 47.0 Å². The number of hydrogen-bond acceptors (Lipinski definition) is 4. The van der Waals surface area contributed by atoms with E-state index in [2.05, 4.69) is 13.0 Å². The lowest BCUT2D eigenvalue weighted by Gasteiger charge is -2.58. The molecule has 4 nitrogen and oxygen atoms in total. The van der Waals surface area contributed by atoms with E-state index in [1.165, 1.54) is 5.57 Å². The van der Waals surface area contributed by atoms with Crippen LogP contribution in [0.25, 0.3) is 0 Å². The largest absolute Gasteiger partial charge is 0.396 e. The van der Waals surface area contributed by atoms with E-state index in [4.69, 9.17) is 9.47 Å². The standard InChI is InChI=1S/C18H30O4/c1-16(2)21-9-12-5-6-14-17(3,13(12)10-22-16)8-7-15(20)18(14,4)11-19/h5,13-15,19-20H,6-11H2,1-4H3. The SMILES string of the molecule is CC1(C)OCC2=CCC3C(C)(CO)C(O)CCC3(C)C2CO1. The van der Waals surface area contributed by atoms with Gasteiger partial charge in [0.05, 0.1) is 25.9 Å². The molecule has 3 aliphatic rings. The molecular formula is C18H30O4. The van der Waals surface area contributed by atoms with Gasteiger partial charge in [-0.25, -0.2) is 0 Å². The number of aliphatic hydroxyl groups excluding tert-OH is 2. The smallest absolute Gasteiger partial charge is 0.163 e. The van der Waals surface area contributed by atoms with Crippen LogP contribution in [0.15, 0.2) is 11.6 Å². The number of allylic oxidation sites excluding steroid dienone is 1. The summed E-state index contributed by atoms with van der Waals surface area (Å²) in [6, 6.07) is 0. The normalized spacial score (nSPS) is 47.9. The molecule has 1 heterocycles. The van der Waals surface area contributed by atoms with Crippen molar-refractivity contribution in [2.24, 2.45) is 22.7 Å². The Hall–Kier alpha value is -0.420. The van der Waals surface area contributed by atoms with Crippen molar-refractivity contribution in [3.8, 4) is 0 Å². The molecule has 0 spiro atoms. The van der Waals surface area contributed by atoms with E-state index in [9.17, 15) is 10.2 Å². The number of fused-ring (bicyclic) bond motifs is 3. The Balaban J connectivity index is 1.96. The van der Waals surface area contributed by atoms with Gasteiger partial charge in [0.2, 0.25) is 0 Å². The highest BCUT2D eigenvalue weighted by atomic mass is 16.7. The predicted molar refractivity (Wildman–Crippen MR) is 84.2 cm³/mol.